The maximum atomic E-state index is 12.4. The zero-order valence-corrected chi connectivity index (χ0v) is 40.9. The second-order valence-electron chi connectivity index (χ2n) is 18.6. The lowest BCUT2D eigenvalue weighted by Gasteiger charge is -2.20. The van der Waals surface area contributed by atoms with E-state index in [0.29, 0.717) is 19.4 Å². The molecule has 0 aliphatic heterocycles. The van der Waals surface area contributed by atoms with Gasteiger partial charge in [0.15, 0.2) is 0 Å². The first-order chi connectivity index (χ1) is 30.0. The summed E-state index contributed by atoms with van der Waals surface area (Å²) in [6, 6.07) is -0.632. The minimum absolute atomic E-state index is 0.00570. The maximum Gasteiger partial charge on any atom is 0.305 e. The van der Waals surface area contributed by atoms with Gasteiger partial charge in [0, 0.05) is 12.8 Å². The summed E-state index contributed by atoms with van der Waals surface area (Å²) in [4.78, 5) is 24.4. The molecular formula is C55H105NO5. The summed E-state index contributed by atoms with van der Waals surface area (Å²) in [6.45, 7) is 4.88. The third-order valence-corrected chi connectivity index (χ3v) is 12.5. The van der Waals surface area contributed by atoms with Gasteiger partial charge < -0.3 is 20.3 Å². The standard InChI is InChI=1S/C55H105NO5/c1-3-5-7-9-11-13-15-16-22-26-29-33-37-41-45-49-55(60)61-50-46-42-38-34-30-27-24-21-19-17-18-20-23-25-28-32-36-40-44-48-54(59)56-52(51-57)53(58)47-43-39-35-31-14-12-10-8-6-4-2/h17-18,43,47,52-53,57-58H,3-16,19-42,44-46,48-51H2,1-2H3,(H,56,59)/b18-17-,47-43+. The number of aliphatic hydroxyl groups is 2. The van der Waals surface area contributed by atoms with Crippen LogP contribution in [-0.2, 0) is 14.3 Å². The Morgan fingerprint density at radius 3 is 1.16 bits per heavy atom. The molecule has 2 unspecified atom stereocenters. The molecule has 360 valence electrons. The summed E-state index contributed by atoms with van der Waals surface area (Å²) >= 11 is 0. The van der Waals surface area contributed by atoms with E-state index in [4.69, 9.17) is 4.74 Å². The van der Waals surface area contributed by atoms with Crippen LogP contribution in [0.25, 0.3) is 0 Å². The number of aliphatic hydroxyl groups excluding tert-OH is 2. The monoisotopic (exact) mass is 860 g/mol. The molecule has 0 fully saturated rings. The number of hydrogen-bond acceptors (Lipinski definition) is 5. The maximum absolute atomic E-state index is 12.4. The molecule has 0 aliphatic carbocycles. The lowest BCUT2D eigenvalue weighted by atomic mass is 10.0. The molecule has 0 saturated carbocycles. The van der Waals surface area contributed by atoms with Crippen molar-refractivity contribution in [1.29, 1.82) is 0 Å². The SMILES string of the molecule is CCCCCCCCCC/C=C/C(O)C(CO)NC(=O)CCCCCCCCC/C=C\CCCCCCCCCCOC(=O)CCCCCCCCCCCCCCCCC. The second-order valence-corrected chi connectivity index (χ2v) is 18.6. The zero-order chi connectivity index (χ0) is 44.4. The third-order valence-electron chi connectivity index (χ3n) is 12.5. The summed E-state index contributed by atoms with van der Waals surface area (Å²) in [5, 5.41) is 22.9. The van der Waals surface area contributed by atoms with Crippen LogP contribution in [0.5, 0.6) is 0 Å². The highest BCUT2D eigenvalue weighted by atomic mass is 16.5. The molecule has 0 aliphatic rings. The number of carbonyl (C=O) groups excluding carboxylic acids is 2. The van der Waals surface area contributed by atoms with Gasteiger partial charge in [0.05, 0.1) is 25.4 Å². The molecule has 0 spiro atoms. The van der Waals surface area contributed by atoms with Gasteiger partial charge in [0.1, 0.15) is 0 Å². The summed E-state index contributed by atoms with van der Waals surface area (Å²) in [6.07, 6.45) is 60.5. The number of esters is 1. The molecule has 0 saturated heterocycles. The summed E-state index contributed by atoms with van der Waals surface area (Å²) in [5.41, 5.74) is 0. The Labute approximate surface area is 380 Å². The Morgan fingerprint density at radius 1 is 0.443 bits per heavy atom. The van der Waals surface area contributed by atoms with Crippen molar-refractivity contribution in [1.82, 2.24) is 5.32 Å². The predicted molar refractivity (Wildman–Crippen MR) is 264 cm³/mol. The quantitative estimate of drug-likeness (QED) is 0.0322. The lowest BCUT2D eigenvalue weighted by molar-refractivity contribution is -0.143. The Bertz CT molecular complexity index is 951. The molecule has 0 radical (unpaired) electrons. The smallest absolute Gasteiger partial charge is 0.305 e. The van der Waals surface area contributed by atoms with E-state index in [1.165, 1.54) is 212 Å². The van der Waals surface area contributed by atoms with E-state index in [1.807, 2.05) is 6.08 Å². The number of rotatable bonds is 50. The first kappa shape index (κ1) is 59.3. The van der Waals surface area contributed by atoms with Crippen LogP contribution in [0.15, 0.2) is 24.3 Å². The van der Waals surface area contributed by atoms with E-state index < -0.39 is 12.1 Å². The number of ether oxygens (including phenoxy) is 1. The average molecular weight is 860 g/mol. The van der Waals surface area contributed by atoms with Crippen molar-refractivity contribution in [2.75, 3.05) is 13.2 Å². The van der Waals surface area contributed by atoms with Crippen LogP contribution in [0.1, 0.15) is 290 Å². The largest absolute Gasteiger partial charge is 0.466 e. The van der Waals surface area contributed by atoms with Gasteiger partial charge in [-0.3, -0.25) is 9.59 Å². The van der Waals surface area contributed by atoms with Crippen LogP contribution in [0.2, 0.25) is 0 Å². The highest BCUT2D eigenvalue weighted by Gasteiger charge is 2.18. The van der Waals surface area contributed by atoms with Crippen LogP contribution in [0, 0.1) is 0 Å². The molecule has 3 N–H and O–H groups in total. The number of unbranched alkanes of at least 4 members (excludes halogenated alkanes) is 37. The van der Waals surface area contributed by atoms with Gasteiger partial charge in [-0.25, -0.2) is 0 Å². The molecule has 6 nitrogen and oxygen atoms in total. The van der Waals surface area contributed by atoms with Crippen molar-refractivity contribution in [2.24, 2.45) is 0 Å². The number of amides is 1. The van der Waals surface area contributed by atoms with Crippen LogP contribution < -0.4 is 5.32 Å². The Morgan fingerprint density at radius 2 is 0.770 bits per heavy atom. The minimum Gasteiger partial charge on any atom is -0.466 e. The number of nitrogens with one attached hydrogen (secondary N) is 1. The van der Waals surface area contributed by atoms with Gasteiger partial charge in [0.25, 0.3) is 0 Å². The fourth-order valence-electron chi connectivity index (χ4n) is 8.27. The minimum atomic E-state index is -0.848. The van der Waals surface area contributed by atoms with Gasteiger partial charge in [0.2, 0.25) is 5.91 Å². The van der Waals surface area contributed by atoms with Gasteiger partial charge in [-0.15, -0.1) is 0 Å². The van der Waals surface area contributed by atoms with Gasteiger partial charge in [-0.2, -0.15) is 0 Å². The lowest BCUT2D eigenvalue weighted by Crippen LogP contribution is -2.45. The molecule has 0 heterocycles. The van der Waals surface area contributed by atoms with Crippen LogP contribution >= 0.6 is 0 Å². The molecule has 6 heteroatoms. The zero-order valence-electron chi connectivity index (χ0n) is 40.9. The van der Waals surface area contributed by atoms with E-state index in [-0.39, 0.29) is 18.5 Å². The highest BCUT2D eigenvalue weighted by Crippen LogP contribution is 2.16. The molecular weight excluding hydrogens is 755 g/mol. The summed E-state index contributed by atoms with van der Waals surface area (Å²) in [7, 11) is 0. The fourth-order valence-corrected chi connectivity index (χ4v) is 8.27. The topological polar surface area (TPSA) is 95.9 Å². The average Bonchev–Trinajstić information content (AvgIpc) is 3.26. The first-order valence-electron chi connectivity index (χ1n) is 27.1. The molecule has 0 rings (SSSR count). The van der Waals surface area contributed by atoms with E-state index in [1.54, 1.807) is 6.08 Å². The van der Waals surface area contributed by atoms with E-state index in [0.717, 1.165) is 51.4 Å². The Kier molecular flexibility index (Phi) is 49.6. The van der Waals surface area contributed by atoms with Gasteiger partial charge in [-0.05, 0) is 57.8 Å². The van der Waals surface area contributed by atoms with Crippen LogP contribution in [0.4, 0.5) is 0 Å². The van der Waals surface area contributed by atoms with Crippen molar-refractivity contribution in [3.63, 3.8) is 0 Å². The van der Waals surface area contributed by atoms with E-state index in [9.17, 15) is 19.8 Å². The second kappa shape index (κ2) is 51.0. The van der Waals surface area contributed by atoms with Crippen molar-refractivity contribution >= 4 is 11.9 Å². The summed E-state index contributed by atoms with van der Waals surface area (Å²) in [5.74, 6) is -0.0738. The van der Waals surface area contributed by atoms with Crippen molar-refractivity contribution in [3.05, 3.63) is 24.3 Å². The van der Waals surface area contributed by atoms with E-state index >= 15 is 0 Å². The van der Waals surface area contributed by atoms with Crippen molar-refractivity contribution in [3.8, 4) is 0 Å². The van der Waals surface area contributed by atoms with Crippen LogP contribution in [-0.4, -0.2) is 47.4 Å². The van der Waals surface area contributed by atoms with E-state index in [2.05, 4.69) is 31.3 Å². The third kappa shape index (κ3) is 47.7. The number of hydrogen-bond donors (Lipinski definition) is 3. The first-order valence-corrected chi connectivity index (χ1v) is 27.1. The molecule has 0 aromatic heterocycles. The molecule has 0 aromatic carbocycles. The Balaban J connectivity index is 3.43. The van der Waals surface area contributed by atoms with Gasteiger partial charge >= 0.3 is 5.97 Å². The number of carbonyl (C=O) groups is 2. The molecule has 0 bridgehead atoms. The van der Waals surface area contributed by atoms with Crippen LogP contribution in [0.3, 0.4) is 0 Å². The predicted octanol–water partition coefficient (Wildman–Crippen LogP) is 16.3. The highest BCUT2D eigenvalue weighted by molar-refractivity contribution is 5.76. The number of allylic oxidation sites excluding steroid dienone is 3. The molecule has 0 aromatic rings. The fraction of sp³-hybridized carbons (Fsp3) is 0.891. The molecule has 2 atom stereocenters. The molecule has 61 heavy (non-hydrogen) atoms. The summed E-state index contributed by atoms with van der Waals surface area (Å²) < 4.78 is 5.47. The van der Waals surface area contributed by atoms with Crippen molar-refractivity contribution < 1.29 is 24.5 Å². The Hall–Kier alpha value is -1.66. The molecule has 1 amide bonds. The normalized spacial score (nSPS) is 12.8. The van der Waals surface area contributed by atoms with Gasteiger partial charge in [-0.1, -0.05) is 244 Å². The van der Waals surface area contributed by atoms with Crippen molar-refractivity contribution in [2.45, 2.75) is 302 Å².